The summed E-state index contributed by atoms with van der Waals surface area (Å²) in [6, 6.07) is 0. The summed E-state index contributed by atoms with van der Waals surface area (Å²) in [5.74, 6) is 5.15. The molecule has 0 radical (unpaired) electrons. The zero-order valence-corrected chi connectivity index (χ0v) is 10.7. The minimum Gasteiger partial charge on any atom is -0.311 e. The third-order valence-electron chi connectivity index (χ3n) is 2.45. The van der Waals surface area contributed by atoms with E-state index >= 15 is 0 Å². The molecule has 4 nitrogen and oxygen atoms in total. The Hall–Kier alpha value is -0.620. The van der Waals surface area contributed by atoms with E-state index in [2.05, 4.69) is 11.8 Å². The Labute approximate surface area is 90.9 Å². The van der Waals surface area contributed by atoms with Crippen LogP contribution in [0.1, 0.15) is 27.2 Å². The van der Waals surface area contributed by atoms with Gasteiger partial charge in [-0.1, -0.05) is 0 Å². The molecule has 0 saturated carbocycles. The molecule has 0 aromatic rings. The van der Waals surface area contributed by atoms with Crippen molar-refractivity contribution in [3.05, 3.63) is 0 Å². The van der Waals surface area contributed by atoms with E-state index < -0.39 is 12.8 Å². The highest BCUT2D eigenvalue weighted by atomic mass is 31.2. The van der Waals surface area contributed by atoms with Gasteiger partial charge in [0.1, 0.15) is 10.9 Å². The van der Waals surface area contributed by atoms with Crippen molar-refractivity contribution in [2.45, 2.75) is 32.3 Å². The van der Waals surface area contributed by atoms with Crippen LogP contribution in [0.3, 0.4) is 0 Å². The number of carbonyl (C=O) groups excluding carboxylic acids is 1. The maximum Gasteiger partial charge on any atom is 0.344 e. The smallest absolute Gasteiger partial charge is 0.311 e. The minimum atomic E-state index is -3.44. The molecule has 0 N–H and O–H groups in total. The first-order valence-electron chi connectivity index (χ1n) is 4.50. The molecule has 0 fully saturated rings. The monoisotopic (exact) mass is 232 g/mol. The fraction of sp³-hybridized carbons (Fsp3) is 0.700. The highest BCUT2D eigenvalue weighted by molar-refractivity contribution is 7.56. The molecule has 0 heterocycles. The fourth-order valence-electron chi connectivity index (χ4n) is 1.15. The van der Waals surface area contributed by atoms with Crippen LogP contribution in [-0.4, -0.2) is 25.2 Å². The fourth-order valence-corrected chi connectivity index (χ4v) is 2.77. The van der Waals surface area contributed by atoms with Crippen molar-refractivity contribution in [2.24, 2.45) is 0 Å². The number of hydrogen-bond acceptors (Lipinski definition) is 4. The predicted molar refractivity (Wildman–Crippen MR) is 58.8 cm³/mol. The number of hydrogen-bond donors (Lipinski definition) is 0. The number of carbonyl (C=O) groups is 1. The summed E-state index contributed by atoms with van der Waals surface area (Å²) in [7, 11) is -0.904. The van der Waals surface area contributed by atoms with Crippen LogP contribution < -0.4 is 0 Å². The van der Waals surface area contributed by atoms with Gasteiger partial charge >= 0.3 is 7.60 Å². The Morgan fingerprint density at radius 2 is 1.87 bits per heavy atom. The van der Waals surface area contributed by atoms with Gasteiger partial charge in [-0.25, -0.2) is 0 Å². The number of ketones is 1. The lowest BCUT2D eigenvalue weighted by molar-refractivity contribution is -0.119. The Morgan fingerprint density at radius 1 is 1.40 bits per heavy atom. The van der Waals surface area contributed by atoms with Gasteiger partial charge in [0, 0.05) is 20.6 Å². The second-order valence-corrected chi connectivity index (χ2v) is 6.01. The molecule has 0 saturated heterocycles. The molecule has 0 aromatic carbocycles. The molecule has 0 rings (SSSR count). The quantitative estimate of drug-likeness (QED) is 0.538. The molecule has 0 bridgehead atoms. The van der Waals surface area contributed by atoms with Gasteiger partial charge < -0.3 is 9.05 Å². The Kier molecular flexibility index (Phi) is 5.23. The van der Waals surface area contributed by atoms with E-state index in [0.29, 0.717) is 0 Å². The van der Waals surface area contributed by atoms with Crippen molar-refractivity contribution >= 4 is 13.4 Å². The molecule has 0 aliphatic heterocycles. The average Bonchev–Trinajstić information content (AvgIpc) is 2.24. The predicted octanol–water partition coefficient (Wildman–Crippen LogP) is 2.23. The minimum absolute atomic E-state index is 0.164. The summed E-state index contributed by atoms with van der Waals surface area (Å²) >= 11 is 0. The summed E-state index contributed by atoms with van der Waals surface area (Å²) in [4.78, 5) is 11.5. The number of rotatable bonds is 5. The number of Topliss-reactive ketones (excluding diaryl/α,β-unsaturated/α-hetero) is 1. The molecule has 0 aliphatic carbocycles. The zero-order chi connectivity index (χ0) is 12.1. The molecular weight excluding hydrogens is 215 g/mol. The standard InChI is InChI=1S/C10H17O4P/c1-6-7-8-10(3,9(2)11)15(12,13-4)14-5/h8H2,1-5H3/t10-/m0/s1. The molecule has 0 spiro atoms. The van der Waals surface area contributed by atoms with E-state index in [9.17, 15) is 9.36 Å². The molecule has 0 unspecified atom stereocenters. The van der Waals surface area contributed by atoms with E-state index in [1.807, 2.05) is 0 Å². The van der Waals surface area contributed by atoms with Gasteiger partial charge in [-0.3, -0.25) is 9.36 Å². The molecule has 1 atom stereocenters. The molecule has 0 amide bonds. The molecule has 0 aliphatic rings. The van der Waals surface area contributed by atoms with Crippen LogP contribution in [0, 0.1) is 11.8 Å². The van der Waals surface area contributed by atoms with Gasteiger partial charge in [-0.15, -0.1) is 11.8 Å². The van der Waals surface area contributed by atoms with Gasteiger partial charge in [-0.05, 0) is 20.8 Å². The highest BCUT2D eigenvalue weighted by Gasteiger charge is 2.49. The molecule has 0 aromatic heterocycles. The van der Waals surface area contributed by atoms with Crippen LogP contribution in [0.15, 0.2) is 0 Å². The second-order valence-electron chi connectivity index (χ2n) is 3.30. The maximum atomic E-state index is 12.2. The van der Waals surface area contributed by atoms with Gasteiger partial charge in [0.2, 0.25) is 0 Å². The Bertz CT molecular complexity index is 331. The summed E-state index contributed by atoms with van der Waals surface area (Å²) < 4.78 is 21.9. The van der Waals surface area contributed by atoms with E-state index in [-0.39, 0.29) is 12.2 Å². The first kappa shape index (κ1) is 14.4. The Morgan fingerprint density at radius 3 is 2.13 bits per heavy atom. The normalized spacial score (nSPS) is 15.0. The van der Waals surface area contributed by atoms with E-state index in [0.717, 1.165) is 0 Å². The maximum absolute atomic E-state index is 12.2. The first-order chi connectivity index (χ1) is 6.88. The molecule has 5 heteroatoms. The second kappa shape index (κ2) is 5.46. The van der Waals surface area contributed by atoms with Gasteiger partial charge in [0.05, 0.1) is 0 Å². The van der Waals surface area contributed by atoms with Crippen molar-refractivity contribution in [3.63, 3.8) is 0 Å². The van der Waals surface area contributed by atoms with Crippen molar-refractivity contribution in [1.29, 1.82) is 0 Å². The van der Waals surface area contributed by atoms with Crippen LogP contribution in [0.4, 0.5) is 0 Å². The van der Waals surface area contributed by atoms with Crippen molar-refractivity contribution in [3.8, 4) is 11.8 Å². The van der Waals surface area contributed by atoms with E-state index in [4.69, 9.17) is 9.05 Å². The lowest BCUT2D eigenvalue weighted by Gasteiger charge is -2.30. The summed E-state index contributed by atoms with van der Waals surface area (Å²) in [5.41, 5.74) is 0. The molecule has 15 heavy (non-hydrogen) atoms. The van der Waals surface area contributed by atoms with Crippen LogP contribution in [-0.2, 0) is 18.4 Å². The Balaban J connectivity index is 5.33. The van der Waals surface area contributed by atoms with Crippen molar-refractivity contribution in [1.82, 2.24) is 0 Å². The van der Waals surface area contributed by atoms with Crippen LogP contribution in [0.5, 0.6) is 0 Å². The third kappa shape index (κ3) is 2.69. The van der Waals surface area contributed by atoms with E-state index in [1.165, 1.54) is 21.1 Å². The van der Waals surface area contributed by atoms with Crippen molar-refractivity contribution in [2.75, 3.05) is 14.2 Å². The molecule has 86 valence electrons. The largest absolute Gasteiger partial charge is 0.344 e. The summed E-state index contributed by atoms with van der Waals surface area (Å²) in [6.07, 6.45) is 0.164. The van der Waals surface area contributed by atoms with Crippen molar-refractivity contribution < 1.29 is 18.4 Å². The third-order valence-corrected chi connectivity index (χ3v) is 5.10. The zero-order valence-electron chi connectivity index (χ0n) is 9.79. The average molecular weight is 232 g/mol. The lowest BCUT2D eigenvalue weighted by atomic mass is 10.0. The van der Waals surface area contributed by atoms with Crippen LogP contribution in [0.25, 0.3) is 0 Å². The van der Waals surface area contributed by atoms with Gasteiger partial charge in [0.25, 0.3) is 0 Å². The lowest BCUT2D eigenvalue weighted by Crippen LogP contribution is -2.34. The molecular formula is C10H17O4P. The van der Waals surface area contributed by atoms with Crippen LogP contribution in [0.2, 0.25) is 0 Å². The first-order valence-corrected chi connectivity index (χ1v) is 6.04. The van der Waals surface area contributed by atoms with Crippen LogP contribution >= 0.6 is 7.60 Å². The van der Waals surface area contributed by atoms with Gasteiger partial charge in [-0.2, -0.15) is 0 Å². The summed E-state index contributed by atoms with van der Waals surface area (Å²) in [5, 5.41) is -1.19. The highest BCUT2D eigenvalue weighted by Crippen LogP contribution is 2.60. The van der Waals surface area contributed by atoms with Gasteiger partial charge in [0.15, 0.2) is 0 Å². The summed E-state index contributed by atoms with van der Waals surface area (Å²) in [6.45, 7) is 4.57. The topological polar surface area (TPSA) is 52.6 Å². The SMILES string of the molecule is CC#CC[C@@](C)(C(C)=O)P(=O)(OC)OC. The van der Waals surface area contributed by atoms with E-state index in [1.54, 1.807) is 13.8 Å².